The minimum Gasteiger partial charge on any atom is -0.311 e. The third-order valence-electron chi connectivity index (χ3n) is 2.64. The first-order valence-electron chi connectivity index (χ1n) is 6.25. The Morgan fingerprint density at radius 3 is 2.60 bits per heavy atom. The van der Waals surface area contributed by atoms with Gasteiger partial charge < -0.3 is 5.32 Å². The van der Waals surface area contributed by atoms with Crippen molar-refractivity contribution in [1.82, 2.24) is 10.3 Å². The van der Waals surface area contributed by atoms with Gasteiger partial charge in [0.25, 0.3) is 0 Å². The maximum atomic E-state index is 11.2. The van der Waals surface area contributed by atoms with Crippen LogP contribution in [0.2, 0.25) is 0 Å². The summed E-state index contributed by atoms with van der Waals surface area (Å²) in [5.74, 6) is -0.219. The Hall–Kier alpha value is -1.28. The molecule has 0 unspecified atom stereocenters. The molecule has 108 valence electrons. The highest BCUT2D eigenvalue weighted by Crippen LogP contribution is 2.30. The van der Waals surface area contributed by atoms with Crippen molar-refractivity contribution in [3.63, 3.8) is 0 Å². The molecule has 2 rings (SSSR count). The average molecular weight is 311 g/mol. The standard InChI is InChI=1S/C13H17N3O2S2/c1-2-15-8-11-13(10-6-4-3-5-7-10)19-12(16-11)9-20(14,17)18/h3-7,15H,2,8-9H2,1H3,(H2,14,17,18). The number of thiazole rings is 1. The number of benzene rings is 1. The zero-order chi connectivity index (χ0) is 14.6. The van der Waals surface area contributed by atoms with Crippen LogP contribution in [0.4, 0.5) is 0 Å². The Labute approximate surface area is 122 Å². The van der Waals surface area contributed by atoms with Gasteiger partial charge in [0.1, 0.15) is 10.8 Å². The summed E-state index contributed by atoms with van der Waals surface area (Å²) in [4.78, 5) is 5.40. The molecule has 0 spiro atoms. The molecule has 0 aliphatic rings. The molecular formula is C13H17N3O2S2. The molecule has 0 radical (unpaired) electrons. The number of hydrogen-bond acceptors (Lipinski definition) is 5. The lowest BCUT2D eigenvalue weighted by atomic mass is 10.1. The maximum absolute atomic E-state index is 11.2. The molecule has 0 fully saturated rings. The Kier molecular flexibility index (Phi) is 4.87. The summed E-state index contributed by atoms with van der Waals surface area (Å²) in [6.07, 6.45) is 0. The van der Waals surface area contributed by atoms with Crippen molar-refractivity contribution in [1.29, 1.82) is 0 Å². The number of hydrogen-bond donors (Lipinski definition) is 2. The van der Waals surface area contributed by atoms with E-state index in [9.17, 15) is 8.42 Å². The van der Waals surface area contributed by atoms with Crippen LogP contribution in [0.3, 0.4) is 0 Å². The molecule has 3 N–H and O–H groups in total. The van der Waals surface area contributed by atoms with Crippen LogP contribution in [0.1, 0.15) is 17.6 Å². The Morgan fingerprint density at radius 2 is 2.00 bits per heavy atom. The molecule has 0 bridgehead atoms. The van der Waals surface area contributed by atoms with Gasteiger partial charge in [-0.2, -0.15) is 0 Å². The summed E-state index contributed by atoms with van der Waals surface area (Å²) in [5, 5.41) is 8.83. The zero-order valence-corrected chi connectivity index (χ0v) is 12.8. The van der Waals surface area contributed by atoms with Gasteiger partial charge in [-0.3, -0.25) is 0 Å². The zero-order valence-electron chi connectivity index (χ0n) is 11.2. The average Bonchev–Trinajstić information content (AvgIpc) is 2.78. The van der Waals surface area contributed by atoms with Crippen LogP contribution >= 0.6 is 11.3 Å². The Balaban J connectivity index is 2.37. The van der Waals surface area contributed by atoms with Crippen molar-refractivity contribution >= 4 is 21.4 Å². The summed E-state index contributed by atoms with van der Waals surface area (Å²) in [5.41, 5.74) is 1.90. The predicted octanol–water partition coefficient (Wildman–Crippen LogP) is 1.71. The van der Waals surface area contributed by atoms with Crippen LogP contribution in [0, 0.1) is 0 Å². The molecule has 0 aliphatic heterocycles. The Bertz CT molecular complexity index is 666. The summed E-state index contributed by atoms with van der Waals surface area (Å²) < 4.78 is 22.4. The first kappa shape index (κ1) is 15.1. The van der Waals surface area contributed by atoms with Gasteiger partial charge in [-0.25, -0.2) is 18.5 Å². The summed E-state index contributed by atoms with van der Waals surface area (Å²) in [7, 11) is -3.56. The minimum atomic E-state index is -3.56. The van der Waals surface area contributed by atoms with Crippen LogP contribution in [0.5, 0.6) is 0 Å². The number of nitrogens with two attached hydrogens (primary N) is 1. The SMILES string of the molecule is CCNCc1nc(CS(N)(=O)=O)sc1-c1ccccc1. The third kappa shape index (κ3) is 4.11. The minimum absolute atomic E-state index is 0.219. The summed E-state index contributed by atoms with van der Waals surface area (Å²) >= 11 is 1.38. The van der Waals surface area contributed by atoms with E-state index in [4.69, 9.17) is 5.14 Å². The van der Waals surface area contributed by atoms with Gasteiger partial charge in [0.2, 0.25) is 10.0 Å². The molecule has 0 amide bonds. The lowest BCUT2D eigenvalue weighted by molar-refractivity contribution is 0.596. The fourth-order valence-corrected chi connectivity index (χ4v) is 3.83. The van der Waals surface area contributed by atoms with Crippen LogP contribution in [0.15, 0.2) is 30.3 Å². The Morgan fingerprint density at radius 1 is 1.30 bits per heavy atom. The highest BCUT2D eigenvalue weighted by atomic mass is 32.2. The van der Waals surface area contributed by atoms with E-state index in [1.54, 1.807) is 0 Å². The van der Waals surface area contributed by atoms with E-state index in [2.05, 4.69) is 10.3 Å². The van der Waals surface area contributed by atoms with Crippen LogP contribution in [-0.4, -0.2) is 19.9 Å². The molecule has 2 aromatic rings. The second-order valence-corrected chi connectivity index (χ2v) is 7.03. The molecule has 1 aromatic heterocycles. The van der Waals surface area contributed by atoms with Gasteiger partial charge in [0, 0.05) is 6.54 Å². The normalized spacial score (nSPS) is 11.7. The van der Waals surface area contributed by atoms with E-state index in [1.165, 1.54) is 11.3 Å². The molecule has 0 aliphatic carbocycles. The number of nitrogens with zero attached hydrogens (tertiary/aromatic N) is 1. The van der Waals surface area contributed by atoms with Gasteiger partial charge >= 0.3 is 0 Å². The van der Waals surface area contributed by atoms with Gasteiger partial charge in [0.05, 0.1) is 10.6 Å². The molecule has 0 saturated heterocycles. The second kappa shape index (κ2) is 6.45. The number of primary sulfonamides is 1. The van der Waals surface area contributed by atoms with Gasteiger partial charge in [0.15, 0.2) is 0 Å². The second-order valence-electron chi connectivity index (χ2n) is 4.34. The molecule has 1 heterocycles. The highest BCUT2D eigenvalue weighted by Gasteiger charge is 2.15. The number of nitrogens with one attached hydrogen (secondary N) is 1. The van der Waals surface area contributed by atoms with Crippen LogP contribution in [0.25, 0.3) is 10.4 Å². The lowest BCUT2D eigenvalue weighted by Gasteiger charge is -2.02. The van der Waals surface area contributed by atoms with Crippen molar-refractivity contribution in [3.8, 4) is 10.4 Å². The fourth-order valence-electron chi connectivity index (χ4n) is 1.81. The van der Waals surface area contributed by atoms with Gasteiger partial charge in [-0.1, -0.05) is 37.3 Å². The van der Waals surface area contributed by atoms with Crippen molar-refractivity contribution in [2.24, 2.45) is 5.14 Å². The highest BCUT2D eigenvalue weighted by molar-refractivity contribution is 7.88. The smallest absolute Gasteiger partial charge is 0.215 e. The van der Waals surface area contributed by atoms with Crippen molar-refractivity contribution in [2.45, 2.75) is 19.2 Å². The van der Waals surface area contributed by atoms with E-state index >= 15 is 0 Å². The van der Waals surface area contributed by atoms with Crippen molar-refractivity contribution in [3.05, 3.63) is 41.0 Å². The van der Waals surface area contributed by atoms with Crippen molar-refractivity contribution < 1.29 is 8.42 Å². The summed E-state index contributed by atoms with van der Waals surface area (Å²) in [6, 6.07) is 9.82. The van der Waals surface area contributed by atoms with E-state index in [1.807, 2.05) is 37.3 Å². The number of aromatic nitrogens is 1. The van der Waals surface area contributed by atoms with E-state index in [0.29, 0.717) is 11.6 Å². The van der Waals surface area contributed by atoms with E-state index in [-0.39, 0.29) is 5.75 Å². The molecule has 7 heteroatoms. The van der Waals surface area contributed by atoms with Gasteiger partial charge in [-0.05, 0) is 12.1 Å². The fraction of sp³-hybridized carbons (Fsp3) is 0.308. The molecule has 0 saturated carbocycles. The number of sulfonamides is 1. The quantitative estimate of drug-likeness (QED) is 0.850. The van der Waals surface area contributed by atoms with Gasteiger partial charge in [-0.15, -0.1) is 11.3 Å². The van der Waals surface area contributed by atoms with Crippen LogP contribution < -0.4 is 10.5 Å². The monoisotopic (exact) mass is 311 g/mol. The van der Waals surface area contributed by atoms with Crippen molar-refractivity contribution in [2.75, 3.05) is 6.54 Å². The maximum Gasteiger partial charge on any atom is 0.215 e. The largest absolute Gasteiger partial charge is 0.311 e. The predicted molar refractivity (Wildman–Crippen MR) is 81.7 cm³/mol. The lowest BCUT2D eigenvalue weighted by Crippen LogP contribution is -2.15. The molecule has 5 nitrogen and oxygen atoms in total. The first-order valence-corrected chi connectivity index (χ1v) is 8.78. The number of rotatable bonds is 6. The first-order chi connectivity index (χ1) is 9.49. The van der Waals surface area contributed by atoms with E-state index < -0.39 is 10.0 Å². The molecular weight excluding hydrogens is 294 g/mol. The third-order valence-corrected chi connectivity index (χ3v) is 4.65. The van der Waals surface area contributed by atoms with E-state index in [0.717, 1.165) is 22.7 Å². The topological polar surface area (TPSA) is 85.1 Å². The summed E-state index contributed by atoms with van der Waals surface area (Å²) in [6.45, 7) is 3.46. The molecule has 0 atom stereocenters. The van der Waals surface area contributed by atoms with Crippen LogP contribution in [-0.2, 0) is 22.3 Å². The molecule has 20 heavy (non-hydrogen) atoms. The molecule has 1 aromatic carbocycles.